The zero-order chi connectivity index (χ0) is 18.1. The number of hydrogen-bond donors (Lipinski definition) is 1. The molecular weight excluding hydrogens is 364 g/mol. The largest absolute Gasteiger partial charge is 0.359 e. The normalized spacial score (nSPS) is 16.6. The van der Waals surface area contributed by atoms with Gasteiger partial charge in [0.2, 0.25) is 0 Å². The first-order valence-corrected chi connectivity index (χ1v) is 10.8. The minimum atomic E-state index is 0.0711. The number of aromatic amines is 1. The number of thioether (sulfide) groups is 1. The number of ketones is 1. The van der Waals surface area contributed by atoms with Gasteiger partial charge in [-0.3, -0.25) is 4.79 Å². The molecule has 3 aromatic rings. The third-order valence-electron chi connectivity index (χ3n) is 5.05. The third-order valence-corrected chi connectivity index (χ3v) is 7.30. The molecule has 0 unspecified atom stereocenters. The zero-order valence-electron chi connectivity index (χ0n) is 15.0. The second kappa shape index (κ2) is 7.40. The number of aromatic nitrogens is 4. The molecule has 4 rings (SSSR count). The Morgan fingerprint density at radius 1 is 1.46 bits per heavy atom. The van der Waals surface area contributed by atoms with Crippen LogP contribution in [-0.2, 0) is 19.9 Å². The highest BCUT2D eigenvalue weighted by Crippen LogP contribution is 2.38. The Kier molecular flexibility index (Phi) is 5.00. The molecule has 0 saturated heterocycles. The van der Waals surface area contributed by atoms with Crippen molar-refractivity contribution in [2.24, 2.45) is 13.0 Å². The average molecular weight is 387 g/mol. The minimum absolute atomic E-state index is 0.0711. The number of fused-ring (bicyclic) bond motifs is 1. The fourth-order valence-corrected chi connectivity index (χ4v) is 5.45. The number of nitrogens with one attached hydrogen (secondary N) is 1. The van der Waals surface area contributed by atoms with Gasteiger partial charge in [-0.1, -0.05) is 25.1 Å². The van der Waals surface area contributed by atoms with Crippen LogP contribution in [0.2, 0.25) is 0 Å². The number of thiophene rings is 1. The lowest BCUT2D eigenvalue weighted by Gasteiger charge is -2.19. The summed E-state index contributed by atoms with van der Waals surface area (Å²) in [6.07, 6.45) is 6.68. The summed E-state index contributed by atoms with van der Waals surface area (Å²) >= 11 is 3.28. The predicted octanol–water partition coefficient (Wildman–Crippen LogP) is 4.36. The molecule has 0 aromatic carbocycles. The van der Waals surface area contributed by atoms with E-state index in [1.165, 1.54) is 52.8 Å². The molecule has 0 aliphatic heterocycles. The average Bonchev–Trinajstić information content (AvgIpc) is 3.38. The van der Waals surface area contributed by atoms with Crippen LogP contribution in [0.4, 0.5) is 0 Å². The molecule has 1 aliphatic carbocycles. The van der Waals surface area contributed by atoms with Crippen molar-refractivity contribution in [2.75, 3.05) is 5.75 Å². The van der Waals surface area contributed by atoms with E-state index < -0.39 is 0 Å². The van der Waals surface area contributed by atoms with E-state index in [1.54, 1.807) is 12.3 Å². The van der Waals surface area contributed by atoms with Crippen LogP contribution in [0.3, 0.4) is 0 Å². The molecule has 0 radical (unpaired) electrons. The molecule has 0 amide bonds. The Balaban J connectivity index is 1.49. The van der Waals surface area contributed by atoms with Crippen molar-refractivity contribution < 1.29 is 4.79 Å². The maximum Gasteiger partial charge on any atom is 0.191 e. The van der Waals surface area contributed by atoms with Crippen molar-refractivity contribution >= 4 is 28.9 Å². The van der Waals surface area contributed by atoms with E-state index in [4.69, 9.17) is 0 Å². The molecule has 1 atom stereocenters. The van der Waals surface area contributed by atoms with E-state index in [1.807, 2.05) is 29.0 Å². The van der Waals surface area contributed by atoms with Gasteiger partial charge in [-0.25, -0.2) is 0 Å². The van der Waals surface area contributed by atoms with E-state index in [-0.39, 0.29) is 5.78 Å². The molecule has 3 heterocycles. The topological polar surface area (TPSA) is 63.6 Å². The standard InChI is InChI=1S/C19H22N4OS2/c1-3-12-6-7-16-13(9-12)10-17(26-16)18-21-22-19(23(18)2)25-11-15(24)14-5-4-8-20-14/h4-5,8,10,12,20H,3,6-7,9,11H2,1-2H3/t12-/m0/s1. The molecule has 5 nitrogen and oxygen atoms in total. The zero-order valence-corrected chi connectivity index (χ0v) is 16.6. The number of H-pyrrole nitrogens is 1. The van der Waals surface area contributed by atoms with E-state index >= 15 is 0 Å². The number of hydrogen-bond acceptors (Lipinski definition) is 5. The lowest BCUT2D eigenvalue weighted by molar-refractivity contribution is 0.101. The van der Waals surface area contributed by atoms with Gasteiger partial charge >= 0.3 is 0 Å². The number of nitrogens with zero attached hydrogens (tertiary/aromatic N) is 3. The Hall–Kier alpha value is -1.86. The van der Waals surface area contributed by atoms with Gasteiger partial charge in [0, 0.05) is 18.1 Å². The highest BCUT2D eigenvalue weighted by atomic mass is 32.2. The number of Topliss-reactive ketones (excluding diaryl/α,β-unsaturated/α-hetero) is 1. The van der Waals surface area contributed by atoms with Gasteiger partial charge in [0.1, 0.15) is 0 Å². The fraction of sp³-hybridized carbons (Fsp3) is 0.421. The highest BCUT2D eigenvalue weighted by molar-refractivity contribution is 7.99. The van der Waals surface area contributed by atoms with Crippen molar-refractivity contribution in [2.45, 2.75) is 37.8 Å². The van der Waals surface area contributed by atoms with Gasteiger partial charge in [0.25, 0.3) is 0 Å². The lowest BCUT2D eigenvalue weighted by Crippen LogP contribution is -2.10. The van der Waals surface area contributed by atoms with Gasteiger partial charge in [0.05, 0.1) is 16.3 Å². The molecule has 26 heavy (non-hydrogen) atoms. The molecule has 1 N–H and O–H groups in total. The summed E-state index contributed by atoms with van der Waals surface area (Å²) in [5.41, 5.74) is 2.12. The Bertz CT molecular complexity index is 910. The van der Waals surface area contributed by atoms with E-state index in [0.29, 0.717) is 11.4 Å². The Morgan fingerprint density at radius 2 is 2.35 bits per heavy atom. The van der Waals surface area contributed by atoms with Crippen molar-refractivity contribution in [3.05, 3.63) is 40.5 Å². The number of aryl methyl sites for hydroxylation is 1. The van der Waals surface area contributed by atoms with Gasteiger partial charge in [-0.15, -0.1) is 21.5 Å². The molecule has 0 spiro atoms. The van der Waals surface area contributed by atoms with E-state index in [9.17, 15) is 4.79 Å². The monoisotopic (exact) mass is 386 g/mol. The molecule has 7 heteroatoms. The molecule has 136 valence electrons. The van der Waals surface area contributed by atoms with Crippen molar-refractivity contribution in [1.82, 2.24) is 19.7 Å². The Morgan fingerprint density at radius 3 is 3.12 bits per heavy atom. The van der Waals surface area contributed by atoms with Crippen molar-refractivity contribution in [1.29, 1.82) is 0 Å². The SMILES string of the molecule is CC[C@H]1CCc2sc(-c3nnc(SCC(=O)c4ccc[nH]4)n3C)cc2C1. The summed E-state index contributed by atoms with van der Waals surface area (Å²) in [6, 6.07) is 5.93. The minimum Gasteiger partial charge on any atom is -0.359 e. The molecule has 1 aliphatic rings. The first-order valence-electron chi connectivity index (χ1n) is 8.96. The van der Waals surface area contributed by atoms with Crippen molar-refractivity contribution in [3.63, 3.8) is 0 Å². The second-order valence-electron chi connectivity index (χ2n) is 6.74. The lowest BCUT2D eigenvalue weighted by atomic mass is 9.87. The van der Waals surface area contributed by atoms with Crippen LogP contribution >= 0.6 is 23.1 Å². The maximum absolute atomic E-state index is 12.2. The van der Waals surface area contributed by atoms with Gasteiger partial charge in [-0.05, 0) is 48.9 Å². The van der Waals surface area contributed by atoms with Crippen LogP contribution in [0.1, 0.15) is 40.7 Å². The number of rotatable bonds is 6. The van der Waals surface area contributed by atoms with Crippen LogP contribution in [0.5, 0.6) is 0 Å². The van der Waals surface area contributed by atoms with Crippen LogP contribution in [0.15, 0.2) is 29.6 Å². The first kappa shape index (κ1) is 17.5. The predicted molar refractivity (Wildman–Crippen MR) is 106 cm³/mol. The molecule has 3 aromatic heterocycles. The van der Waals surface area contributed by atoms with Crippen LogP contribution in [0, 0.1) is 5.92 Å². The van der Waals surface area contributed by atoms with Gasteiger partial charge in [0.15, 0.2) is 16.8 Å². The van der Waals surface area contributed by atoms with Crippen LogP contribution < -0.4 is 0 Å². The summed E-state index contributed by atoms with van der Waals surface area (Å²) in [7, 11) is 1.98. The van der Waals surface area contributed by atoms with Crippen LogP contribution in [-0.4, -0.2) is 31.3 Å². The summed E-state index contributed by atoms with van der Waals surface area (Å²) in [5, 5.41) is 9.47. The maximum atomic E-state index is 12.2. The summed E-state index contributed by atoms with van der Waals surface area (Å²) in [6.45, 7) is 2.28. The quantitative estimate of drug-likeness (QED) is 0.505. The summed E-state index contributed by atoms with van der Waals surface area (Å²) in [4.78, 5) is 17.8. The molecular formula is C19H22N4OS2. The van der Waals surface area contributed by atoms with E-state index in [2.05, 4.69) is 28.2 Å². The number of carbonyl (C=O) groups excluding carboxylic acids is 1. The van der Waals surface area contributed by atoms with Gasteiger partial charge < -0.3 is 9.55 Å². The molecule has 0 saturated carbocycles. The van der Waals surface area contributed by atoms with E-state index in [0.717, 1.165) is 16.9 Å². The van der Waals surface area contributed by atoms with Gasteiger partial charge in [-0.2, -0.15) is 0 Å². The first-order chi connectivity index (χ1) is 12.7. The highest BCUT2D eigenvalue weighted by Gasteiger charge is 2.22. The number of carbonyl (C=O) groups is 1. The Labute approximate surface area is 161 Å². The second-order valence-corrected chi connectivity index (χ2v) is 8.82. The smallest absolute Gasteiger partial charge is 0.191 e. The molecule has 0 fully saturated rings. The summed E-state index contributed by atoms with van der Waals surface area (Å²) < 4.78 is 2.00. The van der Waals surface area contributed by atoms with Crippen molar-refractivity contribution in [3.8, 4) is 10.7 Å². The fourth-order valence-electron chi connectivity index (χ4n) is 3.42. The summed E-state index contributed by atoms with van der Waals surface area (Å²) in [5.74, 6) is 2.13. The molecule has 0 bridgehead atoms. The van der Waals surface area contributed by atoms with Crippen LogP contribution in [0.25, 0.3) is 10.7 Å². The third kappa shape index (κ3) is 3.38.